The van der Waals surface area contributed by atoms with Gasteiger partial charge in [0.15, 0.2) is 4.80 Å². The van der Waals surface area contributed by atoms with Crippen LogP contribution in [-0.2, 0) is 7.05 Å². The van der Waals surface area contributed by atoms with Gasteiger partial charge in [-0.15, -0.1) is 11.3 Å². The van der Waals surface area contributed by atoms with Gasteiger partial charge in [-0.1, -0.05) is 29.8 Å². The highest BCUT2D eigenvalue weighted by atomic mass is 35.5. The van der Waals surface area contributed by atoms with Crippen molar-refractivity contribution < 1.29 is 9.18 Å². The summed E-state index contributed by atoms with van der Waals surface area (Å²) in [4.78, 5) is 18.0. The Hall–Kier alpha value is -2.24. The Morgan fingerprint density at radius 1 is 1.21 bits per heavy atom. The number of carbonyl (C=O) groups excluding carboxylic acids is 1. The summed E-state index contributed by atoms with van der Waals surface area (Å²) in [7, 11) is 1.85. The van der Waals surface area contributed by atoms with Crippen LogP contribution in [0.1, 0.15) is 15.2 Å². The van der Waals surface area contributed by atoms with Crippen LogP contribution in [0.25, 0.3) is 11.3 Å². The Balaban J connectivity index is 2.05. The molecule has 0 saturated heterocycles. The average molecular weight is 361 g/mol. The van der Waals surface area contributed by atoms with Crippen molar-refractivity contribution in [1.29, 1.82) is 0 Å². The maximum atomic E-state index is 13.3. The second-order valence-corrected chi connectivity index (χ2v) is 6.90. The van der Waals surface area contributed by atoms with E-state index in [1.807, 2.05) is 42.8 Å². The van der Waals surface area contributed by atoms with Crippen molar-refractivity contribution in [3.63, 3.8) is 0 Å². The van der Waals surface area contributed by atoms with Gasteiger partial charge in [0.1, 0.15) is 5.82 Å². The summed E-state index contributed by atoms with van der Waals surface area (Å²) in [5.41, 5.74) is 2.20. The lowest BCUT2D eigenvalue weighted by Crippen LogP contribution is -2.14. The highest BCUT2D eigenvalue weighted by molar-refractivity contribution is 7.09. The predicted molar refractivity (Wildman–Crippen MR) is 94.8 cm³/mol. The van der Waals surface area contributed by atoms with E-state index in [1.54, 1.807) is 6.07 Å². The molecular weight excluding hydrogens is 347 g/mol. The molecule has 3 rings (SSSR count). The number of hydrogen-bond donors (Lipinski definition) is 0. The van der Waals surface area contributed by atoms with Crippen LogP contribution >= 0.6 is 22.9 Å². The highest BCUT2D eigenvalue weighted by Gasteiger charge is 2.12. The molecule has 0 aliphatic heterocycles. The number of nitrogens with zero attached hydrogens (tertiary/aromatic N) is 2. The van der Waals surface area contributed by atoms with Gasteiger partial charge in [-0.05, 0) is 42.8 Å². The molecule has 0 saturated carbocycles. The van der Waals surface area contributed by atoms with Gasteiger partial charge < -0.3 is 4.57 Å². The number of aryl methyl sites for hydroxylation is 1. The van der Waals surface area contributed by atoms with E-state index in [0.717, 1.165) is 16.1 Å². The molecule has 24 heavy (non-hydrogen) atoms. The van der Waals surface area contributed by atoms with Crippen LogP contribution in [0.15, 0.2) is 53.5 Å². The van der Waals surface area contributed by atoms with Crippen molar-refractivity contribution in [2.45, 2.75) is 6.92 Å². The first kappa shape index (κ1) is 16.6. The maximum Gasteiger partial charge on any atom is 0.279 e. The van der Waals surface area contributed by atoms with Gasteiger partial charge in [-0.2, -0.15) is 4.99 Å². The van der Waals surface area contributed by atoms with Gasteiger partial charge in [0.25, 0.3) is 5.91 Å². The molecule has 0 aliphatic rings. The van der Waals surface area contributed by atoms with Crippen LogP contribution in [0.4, 0.5) is 4.39 Å². The molecule has 0 fully saturated rings. The fourth-order valence-electron chi connectivity index (χ4n) is 2.46. The van der Waals surface area contributed by atoms with E-state index >= 15 is 0 Å². The zero-order chi connectivity index (χ0) is 17.3. The number of thiazole rings is 1. The lowest BCUT2D eigenvalue weighted by molar-refractivity contribution is 0.0997. The van der Waals surface area contributed by atoms with Gasteiger partial charge in [-0.25, -0.2) is 4.39 Å². The van der Waals surface area contributed by atoms with Crippen LogP contribution in [0.5, 0.6) is 0 Å². The summed E-state index contributed by atoms with van der Waals surface area (Å²) in [6.07, 6.45) is 0. The summed E-state index contributed by atoms with van der Waals surface area (Å²) < 4.78 is 15.1. The first-order chi connectivity index (χ1) is 11.5. The lowest BCUT2D eigenvalue weighted by atomic mass is 10.1. The standard InChI is InChI=1S/C18H14ClFN2OS/c1-11-16(12-6-8-14(19)9-7-12)22(2)18(24-11)21-17(23)13-4-3-5-15(20)10-13/h3-10H,1-2H3. The summed E-state index contributed by atoms with van der Waals surface area (Å²) in [6.45, 7) is 1.97. The average Bonchev–Trinajstić information content (AvgIpc) is 2.82. The van der Waals surface area contributed by atoms with Gasteiger partial charge in [0.05, 0.1) is 5.69 Å². The molecule has 0 aliphatic carbocycles. The number of halogens is 2. The maximum absolute atomic E-state index is 13.3. The van der Waals surface area contributed by atoms with Crippen molar-refractivity contribution in [3.05, 3.63) is 74.6 Å². The van der Waals surface area contributed by atoms with Gasteiger partial charge in [0, 0.05) is 22.5 Å². The number of aromatic nitrogens is 1. The normalized spacial score (nSPS) is 11.8. The highest BCUT2D eigenvalue weighted by Crippen LogP contribution is 2.25. The van der Waals surface area contributed by atoms with Crippen LogP contribution < -0.4 is 4.80 Å². The fourth-order valence-corrected chi connectivity index (χ4v) is 3.57. The van der Waals surface area contributed by atoms with Crippen LogP contribution in [0.2, 0.25) is 5.02 Å². The van der Waals surface area contributed by atoms with Crippen LogP contribution in [0.3, 0.4) is 0 Å². The van der Waals surface area contributed by atoms with E-state index in [2.05, 4.69) is 4.99 Å². The van der Waals surface area contributed by atoms with Crippen molar-refractivity contribution in [3.8, 4) is 11.3 Å². The van der Waals surface area contributed by atoms with E-state index in [0.29, 0.717) is 9.82 Å². The molecule has 122 valence electrons. The molecule has 6 heteroatoms. The van der Waals surface area contributed by atoms with E-state index < -0.39 is 11.7 Å². The number of amides is 1. The molecule has 3 nitrogen and oxygen atoms in total. The first-order valence-corrected chi connectivity index (χ1v) is 8.42. The molecule has 0 spiro atoms. The third-order valence-electron chi connectivity index (χ3n) is 3.59. The van der Waals surface area contributed by atoms with Gasteiger partial charge in [0.2, 0.25) is 0 Å². The zero-order valence-corrected chi connectivity index (χ0v) is 14.7. The SMILES string of the molecule is Cc1sc(=NC(=O)c2cccc(F)c2)n(C)c1-c1ccc(Cl)cc1. The van der Waals surface area contributed by atoms with Crippen molar-refractivity contribution in [2.24, 2.45) is 12.0 Å². The Bertz CT molecular complexity index is 973. The minimum absolute atomic E-state index is 0.231. The number of hydrogen-bond acceptors (Lipinski definition) is 2. The van der Waals surface area contributed by atoms with E-state index in [-0.39, 0.29) is 5.56 Å². The molecule has 1 amide bonds. The van der Waals surface area contributed by atoms with E-state index in [4.69, 9.17) is 11.6 Å². The second-order valence-electron chi connectivity index (χ2n) is 5.28. The molecule has 1 aromatic heterocycles. The van der Waals surface area contributed by atoms with E-state index in [9.17, 15) is 9.18 Å². The van der Waals surface area contributed by atoms with Crippen molar-refractivity contribution >= 4 is 28.8 Å². The summed E-state index contributed by atoms with van der Waals surface area (Å²) >= 11 is 7.35. The van der Waals surface area contributed by atoms with Gasteiger partial charge >= 0.3 is 0 Å². The Morgan fingerprint density at radius 3 is 2.58 bits per heavy atom. The molecule has 2 aromatic carbocycles. The molecule has 0 atom stereocenters. The third kappa shape index (κ3) is 3.32. The summed E-state index contributed by atoms with van der Waals surface area (Å²) in [6, 6.07) is 13.0. The second kappa shape index (κ2) is 6.71. The quantitative estimate of drug-likeness (QED) is 0.657. The number of benzene rings is 2. The van der Waals surface area contributed by atoms with Crippen molar-refractivity contribution in [2.75, 3.05) is 0 Å². The van der Waals surface area contributed by atoms with Crippen LogP contribution in [0, 0.1) is 12.7 Å². The first-order valence-electron chi connectivity index (χ1n) is 7.22. The molecular formula is C18H14ClFN2OS. The summed E-state index contributed by atoms with van der Waals surface area (Å²) in [5.74, 6) is -0.918. The fraction of sp³-hybridized carbons (Fsp3) is 0.111. The molecule has 3 aromatic rings. The predicted octanol–water partition coefficient (Wildman–Crippen LogP) is 4.60. The summed E-state index contributed by atoms with van der Waals surface area (Å²) in [5, 5.41) is 0.667. The molecule has 0 bridgehead atoms. The lowest BCUT2D eigenvalue weighted by Gasteiger charge is -2.04. The number of rotatable bonds is 2. The minimum Gasteiger partial charge on any atom is -0.319 e. The molecule has 0 N–H and O–H groups in total. The Kier molecular flexibility index (Phi) is 4.64. The monoisotopic (exact) mass is 360 g/mol. The smallest absolute Gasteiger partial charge is 0.279 e. The Morgan fingerprint density at radius 2 is 1.92 bits per heavy atom. The zero-order valence-electron chi connectivity index (χ0n) is 13.1. The largest absolute Gasteiger partial charge is 0.319 e. The van der Waals surface area contributed by atoms with Gasteiger partial charge in [-0.3, -0.25) is 4.79 Å². The third-order valence-corrected chi connectivity index (χ3v) is 4.89. The van der Waals surface area contributed by atoms with E-state index in [1.165, 1.54) is 29.5 Å². The minimum atomic E-state index is -0.464. The molecule has 1 heterocycles. The molecule has 0 unspecified atom stereocenters. The topological polar surface area (TPSA) is 34.4 Å². The molecule has 0 radical (unpaired) electrons. The number of carbonyl (C=O) groups is 1. The Labute approximate surface area is 147 Å². The van der Waals surface area contributed by atoms with Crippen LogP contribution in [-0.4, -0.2) is 10.5 Å². The van der Waals surface area contributed by atoms with Crippen molar-refractivity contribution in [1.82, 2.24) is 4.57 Å².